The highest BCUT2D eigenvalue weighted by molar-refractivity contribution is 7.07. The lowest BCUT2D eigenvalue weighted by Gasteiger charge is -2.15. The van der Waals surface area contributed by atoms with Crippen LogP contribution >= 0.6 is 22.9 Å². The average molecular weight is 247 g/mol. The van der Waals surface area contributed by atoms with E-state index in [1.807, 2.05) is 12.4 Å². The summed E-state index contributed by atoms with van der Waals surface area (Å²) in [5.74, 6) is 0.788. The van der Waals surface area contributed by atoms with E-state index in [9.17, 15) is 4.79 Å². The van der Waals surface area contributed by atoms with Crippen LogP contribution in [-0.2, 0) is 11.3 Å². The minimum atomic E-state index is 0.160. The number of aromatic nitrogens is 1. The Morgan fingerprint density at radius 2 is 2.40 bits per heavy atom. The molecule has 84 valence electrons. The second kappa shape index (κ2) is 6.80. The first-order valence-electron chi connectivity index (χ1n) is 4.91. The van der Waals surface area contributed by atoms with E-state index < -0.39 is 0 Å². The van der Waals surface area contributed by atoms with Crippen LogP contribution in [0.4, 0.5) is 0 Å². The minimum Gasteiger partial charge on any atom is -0.340 e. The molecular formula is C10H15ClN2OS. The number of hydrogen-bond acceptors (Lipinski definition) is 3. The normalized spacial score (nSPS) is 10.3. The van der Waals surface area contributed by atoms with Crippen molar-refractivity contribution in [2.45, 2.75) is 25.8 Å². The van der Waals surface area contributed by atoms with E-state index >= 15 is 0 Å². The third kappa shape index (κ3) is 4.62. The Labute approximate surface area is 99.1 Å². The van der Waals surface area contributed by atoms with Crippen molar-refractivity contribution < 1.29 is 4.79 Å². The van der Waals surface area contributed by atoms with Gasteiger partial charge in [0.15, 0.2) is 0 Å². The van der Waals surface area contributed by atoms with Crippen LogP contribution in [0.15, 0.2) is 10.9 Å². The molecule has 0 saturated carbocycles. The van der Waals surface area contributed by atoms with Crippen molar-refractivity contribution in [3.63, 3.8) is 0 Å². The molecule has 15 heavy (non-hydrogen) atoms. The smallest absolute Gasteiger partial charge is 0.222 e. The molecule has 0 N–H and O–H groups in total. The number of carbonyl (C=O) groups excluding carboxylic acids is 1. The zero-order chi connectivity index (χ0) is 11.1. The zero-order valence-electron chi connectivity index (χ0n) is 8.78. The molecule has 1 heterocycles. The summed E-state index contributed by atoms with van der Waals surface area (Å²) in [4.78, 5) is 17.5. The molecule has 5 heteroatoms. The number of unbranched alkanes of at least 4 members (excludes halogenated alkanes) is 1. The first-order chi connectivity index (χ1) is 7.24. The van der Waals surface area contributed by atoms with E-state index in [0.717, 1.165) is 18.5 Å². The number of hydrogen-bond donors (Lipinski definition) is 0. The summed E-state index contributed by atoms with van der Waals surface area (Å²) in [5, 5.41) is 1.96. The first kappa shape index (κ1) is 12.5. The van der Waals surface area contributed by atoms with Gasteiger partial charge in [0.2, 0.25) is 5.91 Å². The molecule has 0 saturated heterocycles. The summed E-state index contributed by atoms with van der Waals surface area (Å²) < 4.78 is 0. The summed E-state index contributed by atoms with van der Waals surface area (Å²) in [6.45, 7) is 0.600. The van der Waals surface area contributed by atoms with Gasteiger partial charge < -0.3 is 4.90 Å². The van der Waals surface area contributed by atoms with Crippen LogP contribution < -0.4 is 0 Å². The van der Waals surface area contributed by atoms with Gasteiger partial charge in [0.05, 0.1) is 17.7 Å². The van der Waals surface area contributed by atoms with Crippen LogP contribution in [-0.4, -0.2) is 28.7 Å². The first-order valence-corrected chi connectivity index (χ1v) is 6.38. The number of nitrogens with zero attached hydrogens (tertiary/aromatic N) is 2. The zero-order valence-corrected chi connectivity index (χ0v) is 10.4. The average Bonchev–Trinajstić information content (AvgIpc) is 2.70. The number of thiazole rings is 1. The molecule has 0 aromatic carbocycles. The van der Waals surface area contributed by atoms with Gasteiger partial charge in [-0.2, -0.15) is 0 Å². The largest absolute Gasteiger partial charge is 0.340 e. The van der Waals surface area contributed by atoms with Crippen molar-refractivity contribution >= 4 is 28.8 Å². The van der Waals surface area contributed by atoms with Crippen LogP contribution in [0.5, 0.6) is 0 Å². The molecule has 0 spiro atoms. The van der Waals surface area contributed by atoms with Gasteiger partial charge in [-0.25, -0.2) is 4.98 Å². The highest BCUT2D eigenvalue weighted by Crippen LogP contribution is 2.07. The Balaban J connectivity index is 2.27. The number of carbonyl (C=O) groups is 1. The lowest BCUT2D eigenvalue weighted by molar-refractivity contribution is -0.130. The molecule has 1 aromatic rings. The van der Waals surface area contributed by atoms with Gasteiger partial charge in [-0.15, -0.1) is 22.9 Å². The summed E-state index contributed by atoms with van der Waals surface area (Å²) in [5.41, 5.74) is 2.73. The van der Waals surface area contributed by atoms with E-state index in [0.29, 0.717) is 18.8 Å². The predicted molar refractivity (Wildman–Crippen MR) is 63.2 cm³/mol. The Morgan fingerprint density at radius 1 is 1.60 bits per heavy atom. The molecule has 0 bridgehead atoms. The quantitative estimate of drug-likeness (QED) is 0.571. The lowest BCUT2D eigenvalue weighted by Crippen LogP contribution is -2.25. The third-order valence-corrected chi connectivity index (χ3v) is 2.99. The fraction of sp³-hybridized carbons (Fsp3) is 0.600. The van der Waals surface area contributed by atoms with Crippen LogP contribution in [0.25, 0.3) is 0 Å². The topological polar surface area (TPSA) is 33.2 Å². The van der Waals surface area contributed by atoms with E-state index in [1.165, 1.54) is 0 Å². The molecule has 0 aliphatic heterocycles. The maximum Gasteiger partial charge on any atom is 0.222 e. The van der Waals surface area contributed by atoms with Gasteiger partial charge in [0.1, 0.15) is 0 Å². The van der Waals surface area contributed by atoms with Crippen LogP contribution in [0.1, 0.15) is 25.0 Å². The maximum absolute atomic E-state index is 11.6. The number of rotatable bonds is 6. The Hall–Kier alpha value is -0.610. The molecule has 1 aromatic heterocycles. The monoisotopic (exact) mass is 246 g/mol. The van der Waals surface area contributed by atoms with E-state index in [1.54, 1.807) is 21.7 Å². The lowest BCUT2D eigenvalue weighted by atomic mass is 10.2. The molecule has 0 unspecified atom stereocenters. The third-order valence-electron chi connectivity index (χ3n) is 2.08. The van der Waals surface area contributed by atoms with Crippen molar-refractivity contribution in [3.05, 3.63) is 16.6 Å². The maximum atomic E-state index is 11.6. The molecule has 0 fully saturated rings. The van der Waals surface area contributed by atoms with Crippen molar-refractivity contribution in [2.24, 2.45) is 0 Å². The van der Waals surface area contributed by atoms with Crippen molar-refractivity contribution in [3.8, 4) is 0 Å². The second-order valence-corrected chi connectivity index (χ2v) is 4.47. The highest BCUT2D eigenvalue weighted by Gasteiger charge is 2.09. The number of halogens is 1. The highest BCUT2D eigenvalue weighted by atomic mass is 35.5. The van der Waals surface area contributed by atoms with Gasteiger partial charge >= 0.3 is 0 Å². The SMILES string of the molecule is CN(Cc1cscn1)C(=O)CCCCCl. The minimum absolute atomic E-state index is 0.160. The number of alkyl halides is 1. The summed E-state index contributed by atoms with van der Waals surface area (Å²) in [6, 6.07) is 0. The predicted octanol–water partition coefficient (Wildman–Crippen LogP) is 2.51. The molecule has 0 aliphatic carbocycles. The summed E-state index contributed by atoms with van der Waals surface area (Å²) in [7, 11) is 1.81. The van der Waals surface area contributed by atoms with Crippen molar-refractivity contribution in [2.75, 3.05) is 12.9 Å². The molecule has 1 amide bonds. The van der Waals surface area contributed by atoms with Gasteiger partial charge in [-0.3, -0.25) is 4.79 Å². The fourth-order valence-electron chi connectivity index (χ4n) is 1.21. The van der Waals surface area contributed by atoms with E-state index in [-0.39, 0.29) is 5.91 Å². The van der Waals surface area contributed by atoms with Gasteiger partial charge in [0.25, 0.3) is 0 Å². The van der Waals surface area contributed by atoms with Crippen LogP contribution in [0, 0.1) is 0 Å². The standard InChI is InChI=1S/C10H15ClN2OS/c1-13(6-9-7-15-8-12-9)10(14)4-2-3-5-11/h7-8H,2-6H2,1H3. The van der Waals surface area contributed by atoms with E-state index in [4.69, 9.17) is 11.6 Å². The molecule has 3 nitrogen and oxygen atoms in total. The van der Waals surface area contributed by atoms with Crippen molar-refractivity contribution in [1.29, 1.82) is 0 Å². The van der Waals surface area contributed by atoms with Gasteiger partial charge in [0, 0.05) is 24.7 Å². The molecule has 0 atom stereocenters. The van der Waals surface area contributed by atoms with Gasteiger partial charge in [-0.05, 0) is 12.8 Å². The summed E-state index contributed by atoms with van der Waals surface area (Å²) in [6.07, 6.45) is 2.34. The van der Waals surface area contributed by atoms with Crippen LogP contribution in [0.3, 0.4) is 0 Å². The molecule has 1 rings (SSSR count). The summed E-state index contributed by atoms with van der Waals surface area (Å²) >= 11 is 7.09. The second-order valence-electron chi connectivity index (χ2n) is 3.38. The van der Waals surface area contributed by atoms with Gasteiger partial charge in [-0.1, -0.05) is 0 Å². The Kier molecular flexibility index (Phi) is 5.65. The van der Waals surface area contributed by atoms with Crippen molar-refractivity contribution in [1.82, 2.24) is 9.88 Å². The number of amides is 1. The van der Waals surface area contributed by atoms with Crippen LogP contribution in [0.2, 0.25) is 0 Å². The Morgan fingerprint density at radius 3 is 3.00 bits per heavy atom. The molecular weight excluding hydrogens is 232 g/mol. The molecule has 0 aliphatic rings. The fourth-order valence-corrected chi connectivity index (χ4v) is 1.95. The van der Waals surface area contributed by atoms with E-state index in [2.05, 4.69) is 4.98 Å². The Bertz CT molecular complexity index is 290. The molecule has 0 radical (unpaired) electrons.